The molecule has 0 aliphatic rings. The Morgan fingerprint density at radius 2 is 2.14 bits per heavy atom. The van der Waals surface area contributed by atoms with Gasteiger partial charge in [-0.3, -0.25) is 4.79 Å². The Kier molecular flexibility index (Phi) is 9.84. The van der Waals surface area contributed by atoms with Gasteiger partial charge in [-0.1, -0.05) is 13.0 Å². The van der Waals surface area contributed by atoms with Crippen molar-refractivity contribution in [2.24, 2.45) is 0 Å². The summed E-state index contributed by atoms with van der Waals surface area (Å²) in [7, 11) is 0. The second-order valence-electron chi connectivity index (χ2n) is 5.02. The number of hydrogen-bond donors (Lipinski definition) is 1. The van der Waals surface area contributed by atoms with Crippen molar-refractivity contribution in [2.75, 3.05) is 25.4 Å². The number of thioether (sulfide) groups is 1. The normalized spacial score (nSPS) is 10.7. The van der Waals surface area contributed by atoms with E-state index < -0.39 is 0 Å². The van der Waals surface area contributed by atoms with E-state index in [0.717, 1.165) is 36.2 Å². The zero-order valence-corrected chi connectivity index (χ0v) is 16.1. The van der Waals surface area contributed by atoms with Gasteiger partial charge in [-0.05, 0) is 78.7 Å². The predicted octanol–water partition coefficient (Wildman–Crippen LogP) is 4.34. The molecule has 0 heterocycles. The summed E-state index contributed by atoms with van der Waals surface area (Å²) in [6.07, 6.45) is 2.39. The standard InChI is InChI=1S/C17H26BrNO2S/c1-4-19-11-10-14-8-9-15(18)17(13(14)3)22-12-6-7-16(20)21-5-2/h8-9,19H,4-7,10-12H2,1-3H3. The van der Waals surface area contributed by atoms with Gasteiger partial charge in [0.1, 0.15) is 0 Å². The Morgan fingerprint density at radius 3 is 2.82 bits per heavy atom. The fraction of sp³-hybridized carbons (Fsp3) is 0.588. The van der Waals surface area contributed by atoms with Crippen LogP contribution in [0.5, 0.6) is 0 Å². The first kappa shape index (κ1) is 19.5. The summed E-state index contributed by atoms with van der Waals surface area (Å²) in [6, 6.07) is 4.32. The molecule has 0 bridgehead atoms. The summed E-state index contributed by atoms with van der Waals surface area (Å²) in [5, 5.41) is 3.36. The number of benzene rings is 1. The van der Waals surface area contributed by atoms with E-state index >= 15 is 0 Å². The maximum Gasteiger partial charge on any atom is 0.305 e. The van der Waals surface area contributed by atoms with Gasteiger partial charge in [0.15, 0.2) is 0 Å². The molecule has 124 valence electrons. The molecule has 0 aliphatic carbocycles. The number of hydrogen-bond acceptors (Lipinski definition) is 4. The molecule has 3 nitrogen and oxygen atoms in total. The highest BCUT2D eigenvalue weighted by atomic mass is 79.9. The highest BCUT2D eigenvalue weighted by molar-refractivity contribution is 9.10. The minimum Gasteiger partial charge on any atom is -0.466 e. The predicted molar refractivity (Wildman–Crippen MR) is 97.7 cm³/mol. The smallest absolute Gasteiger partial charge is 0.305 e. The molecule has 0 atom stereocenters. The van der Waals surface area contributed by atoms with Crippen molar-refractivity contribution in [3.63, 3.8) is 0 Å². The molecule has 1 N–H and O–H groups in total. The van der Waals surface area contributed by atoms with Gasteiger partial charge in [-0.25, -0.2) is 0 Å². The van der Waals surface area contributed by atoms with Gasteiger partial charge >= 0.3 is 5.97 Å². The highest BCUT2D eigenvalue weighted by Crippen LogP contribution is 2.33. The van der Waals surface area contributed by atoms with Crippen molar-refractivity contribution in [3.05, 3.63) is 27.7 Å². The van der Waals surface area contributed by atoms with Crippen molar-refractivity contribution >= 4 is 33.7 Å². The van der Waals surface area contributed by atoms with Crippen LogP contribution in [0.2, 0.25) is 0 Å². The molecule has 0 radical (unpaired) electrons. The molecule has 0 unspecified atom stereocenters. The lowest BCUT2D eigenvalue weighted by Gasteiger charge is -2.13. The third-order valence-electron chi connectivity index (χ3n) is 3.37. The number of halogens is 1. The quantitative estimate of drug-likeness (QED) is 0.368. The summed E-state index contributed by atoms with van der Waals surface area (Å²) in [5.74, 6) is 0.827. The number of carbonyl (C=O) groups excluding carboxylic acids is 1. The zero-order chi connectivity index (χ0) is 16.4. The number of ether oxygens (including phenoxy) is 1. The zero-order valence-electron chi connectivity index (χ0n) is 13.7. The van der Waals surface area contributed by atoms with E-state index in [-0.39, 0.29) is 5.97 Å². The number of likely N-dealkylation sites (N-methyl/N-ethyl adjacent to an activating group) is 1. The first-order valence-corrected chi connectivity index (χ1v) is 9.65. The number of carbonyl (C=O) groups is 1. The Bertz CT molecular complexity index is 480. The molecule has 5 heteroatoms. The average Bonchev–Trinajstić information content (AvgIpc) is 2.49. The lowest BCUT2D eigenvalue weighted by molar-refractivity contribution is -0.143. The van der Waals surface area contributed by atoms with E-state index in [2.05, 4.69) is 47.2 Å². The van der Waals surface area contributed by atoms with Gasteiger partial charge in [0.2, 0.25) is 0 Å². The van der Waals surface area contributed by atoms with E-state index in [1.165, 1.54) is 16.0 Å². The Hall–Kier alpha value is -0.520. The number of esters is 1. The monoisotopic (exact) mass is 387 g/mol. The molecule has 22 heavy (non-hydrogen) atoms. The van der Waals surface area contributed by atoms with E-state index in [1.807, 2.05) is 18.7 Å². The summed E-state index contributed by atoms with van der Waals surface area (Å²) in [5.41, 5.74) is 2.73. The summed E-state index contributed by atoms with van der Waals surface area (Å²) in [6.45, 7) is 8.62. The molecule has 1 aromatic carbocycles. The fourth-order valence-corrected chi connectivity index (χ4v) is 3.99. The maximum absolute atomic E-state index is 11.3. The Labute approximate surface area is 146 Å². The van der Waals surface area contributed by atoms with Gasteiger partial charge < -0.3 is 10.1 Å². The minimum absolute atomic E-state index is 0.0988. The van der Waals surface area contributed by atoms with Crippen molar-refractivity contribution < 1.29 is 9.53 Å². The molecule has 0 spiro atoms. The van der Waals surface area contributed by atoms with E-state index in [1.54, 1.807) is 0 Å². The van der Waals surface area contributed by atoms with Crippen LogP contribution in [0.1, 0.15) is 37.8 Å². The first-order valence-electron chi connectivity index (χ1n) is 7.87. The second kappa shape index (κ2) is 11.1. The lowest BCUT2D eigenvalue weighted by Crippen LogP contribution is -2.16. The van der Waals surface area contributed by atoms with Crippen molar-refractivity contribution in [2.45, 2.75) is 44.9 Å². The summed E-state index contributed by atoms with van der Waals surface area (Å²) in [4.78, 5) is 12.6. The van der Waals surface area contributed by atoms with Crippen LogP contribution in [0, 0.1) is 6.92 Å². The van der Waals surface area contributed by atoms with Gasteiger partial charge in [0.25, 0.3) is 0 Å². The second-order valence-corrected chi connectivity index (χ2v) is 6.98. The van der Waals surface area contributed by atoms with Crippen LogP contribution >= 0.6 is 27.7 Å². The van der Waals surface area contributed by atoms with E-state index in [9.17, 15) is 4.79 Å². The van der Waals surface area contributed by atoms with Crippen LogP contribution in [0.25, 0.3) is 0 Å². The molecular weight excluding hydrogens is 362 g/mol. The molecule has 0 saturated carbocycles. The molecule has 0 amide bonds. The third kappa shape index (κ3) is 6.71. The van der Waals surface area contributed by atoms with E-state index in [4.69, 9.17) is 4.74 Å². The molecule has 0 saturated heterocycles. The fourth-order valence-electron chi connectivity index (χ4n) is 2.17. The van der Waals surface area contributed by atoms with Crippen molar-refractivity contribution in [1.82, 2.24) is 5.32 Å². The summed E-state index contributed by atoms with van der Waals surface area (Å²) >= 11 is 5.45. The Balaban J connectivity index is 2.54. The number of rotatable bonds is 10. The van der Waals surface area contributed by atoms with Crippen molar-refractivity contribution in [1.29, 1.82) is 0 Å². The van der Waals surface area contributed by atoms with Crippen LogP contribution in [0.4, 0.5) is 0 Å². The molecule has 0 fully saturated rings. The SMILES string of the molecule is CCNCCc1ccc(Br)c(SCCCC(=O)OCC)c1C. The lowest BCUT2D eigenvalue weighted by atomic mass is 10.1. The van der Waals surface area contributed by atoms with Crippen molar-refractivity contribution in [3.8, 4) is 0 Å². The third-order valence-corrected chi connectivity index (χ3v) is 5.60. The van der Waals surface area contributed by atoms with Gasteiger partial charge in [-0.15, -0.1) is 11.8 Å². The molecule has 1 aromatic rings. The van der Waals surface area contributed by atoms with Crippen LogP contribution < -0.4 is 5.32 Å². The molecule has 0 aromatic heterocycles. The summed E-state index contributed by atoms with van der Waals surface area (Å²) < 4.78 is 6.09. The average molecular weight is 388 g/mol. The molecule has 0 aliphatic heterocycles. The van der Waals surface area contributed by atoms with Crippen LogP contribution in [-0.4, -0.2) is 31.4 Å². The first-order chi connectivity index (χ1) is 10.6. The Morgan fingerprint density at radius 1 is 1.36 bits per heavy atom. The topological polar surface area (TPSA) is 38.3 Å². The molecular formula is C17H26BrNO2S. The van der Waals surface area contributed by atoms with Gasteiger partial charge in [0.05, 0.1) is 6.61 Å². The van der Waals surface area contributed by atoms with Crippen LogP contribution in [0.15, 0.2) is 21.5 Å². The highest BCUT2D eigenvalue weighted by Gasteiger charge is 2.10. The number of nitrogens with one attached hydrogen (secondary N) is 1. The largest absolute Gasteiger partial charge is 0.466 e. The van der Waals surface area contributed by atoms with Crippen LogP contribution in [-0.2, 0) is 16.0 Å². The minimum atomic E-state index is -0.0988. The van der Waals surface area contributed by atoms with Gasteiger partial charge in [-0.2, -0.15) is 0 Å². The van der Waals surface area contributed by atoms with E-state index in [0.29, 0.717) is 13.0 Å². The van der Waals surface area contributed by atoms with Gasteiger partial charge in [0, 0.05) is 15.8 Å². The van der Waals surface area contributed by atoms with Crippen LogP contribution in [0.3, 0.4) is 0 Å². The maximum atomic E-state index is 11.3. The molecule has 1 rings (SSSR count).